The highest BCUT2D eigenvalue weighted by molar-refractivity contribution is 5.22. The van der Waals surface area contributed by atoms with Gasteiger partial charge < -0.3 is 5.32 Å². The van der Waals surface area contributed by atoms with E-state index in [1.165, 1.54) is 30.5 Å². The van der Waals surface area contributed by atoms with E-state index in [9.17, 15) is 0 Å². The van der Waals surface area contributed by atoms with Gasteiger partial charge in [0, 0.05) is 13.1 Å². The van der Waals surface area contributed by atoms with E-state index in [0.29, 0.717) is 0 Å². The first-order chi connectivity index (χ1) is 10.2. The number of benzene rings is 1. The van der Waals surface area contributed by atoms with Crippen molar-refractivity contribution in [3.05, 3.63) is 35.4 Å². The van der Waals surface area contributed by atoms with E-state index < -0.39 is 0 Å². The molecule has 120 valence electrons. The zero-order chi connectivity index (χ0) is 15.5. The fraction of sp³-hybridized carbons (Fsp3) is 0.684. The summed E-state index contributed by atoms with van der Waals surface area (Å²) in [7, 11) is 0. The van der Waals surface area contributed by atoms with Crippen LogP contribution < -0.4 is 5.32 Å². The minimum Gasteiger partial charge on any atom is -0.317 e. The minimum absolute atomic E-state index is 0.837. The molecule has 1 aromatic rings. The second-order valence-electron chi connectivity index (χ2n) is 5.93. The molecule has 0 aromatic heterocycles. The number of nitrogens with zero attached hydrogens (tertiary/aromatic N) is 1. The lowest BCUT2D eigenvalue weighted by molar-refractivity contribution is 0.226. The van der Waals surface area contributed by atoms with E-state index in [0.717, 1.165) is 38.5 Å². The molecule has 1 rings (SSSR count). The maximum Gasteiger partial charge on any atom is 0.0233 e. The van der Waals surface area contributed by atoms with Crippen molar-refractivity contribution in [3.63, 3.8) is 0 Å². The highest BCUT2D eigenvalue weighted by atomic mass is 15.1. The van der Waals surface area contributed by atoms with E-state index in [1.807, 2.05) is 0 Å². The van der Waals surface area contributed by atoms with Crippen LogP contribution in [0.15, 0.2) is 24.3 Å². The molecule has 2 nitrogen and oxygen atoms in total. The molecule has 1 N–H and O–H groups in total. The fourth-order valence-electron chi connectivity index (χ4n) is 2.70. The molecule has 0 saturated heterocycles. The van der Waals surface area contributed by atoms with E-state index in [-0.39, 0.29) is 0 Å². The zero-order valence-electron chi connectivity index (χ0n) is 14.5. The average Bonchev–Trinajstić information content (AvgIpc) is 2.53. The molecular formula is C19H34N2. The fourth-order valence-corrected chi connectivity index (χ4v) is 2.70. The van der Waals surface area contributed by atoms with Gasteiger partial charge in [0.05, 0.1) is 0 Å². The Labute approximate surface area is 131 Å². The number of nitrogens with one attached hydrogen (secondary N) is 1. The standard InChI is InChI=1S/C19H34N2/c1-5-17(6-2)15-21(8-4)16-19-11-9-18(10-12-19)13-14-20-7-3/h9-12,17,20H,5-8,13-16H2,1-4H3. The molecule has 0 amide bonds. The summed E-state index contributed by atoms with van der Waals surface area (Å²) in [6.45, 7) is 14.6. The van der Waals surface area contributed by atoms with Gasteiger partial charge in [-0.25, -0.2) is 0 Å². The van der Waals surface area contributed by atoms with Crippen LogP contribution in [0.3, 0.4) is 0 Å². The van der Waals surface area contributed by atoms with Crippen LogP contribution in [0.1, 0.15) is 51.7 Å². The Hall–Kier alpha value is -0.860. The van der Waals surface area contributed by atoms with E-state index in [1.54, 1.807) is 0 Å². The third-order valence-electron chi connectivity index (χ3n) is 4.39. The first-order valence-electron chi connectivity index (χ1n) is 8.74. The van der Waals surface area contributed by atoms with E-state index in [4.69, 9.17) is 0 Å². The van der Waals surface area contributed by atoms with Crippen LogP contribution in [0.4, 0.5) is 0 Å². The van der Waals surface area contributed by atoms with Crippen molar-refractivity contribution in [3.8, 4) is 0 Å². The Morgan fingerprint density at radius 1 is 0.952 bits per heavy atom. The van der Waals surface area contributed by atoms with Crippen LogP contribution >= 0.6 is 0 Å². The predicted molar refractivity (Wildman–Crippen MR) is 93.7 cm³/mol. The third kappa shape index (κ3) is 7.10. The van der Waals surface area contributed by atoms with E-state index in [2.05, 4.69) is 62.2 Å². The van der Waals surface area contributed by atoms with Gasteiger partial charge in [0.25, 0.3) is 0 Å². The summed E-state index contributed by atoms with van der Waals surface area (Å²) in [4.78, 5) is 2.57. The summed E-state index contributed by atoms with van der Waals surface area (Å²) in [5.74, 6) is 0.837. The van der Waals surface area contributed by atoms with Gasteiger partial charge in [0.1, 0.15) is 0 Å². The maximum atomic E-state index is 3.38. The second kappa shape index (κ2) is 10.8. The molecule has 2 heteroatoms. The number of rotatable bonds is 11. The lowest BCUT2D eigenvalue weighted by Crippen LogP contribution is -2.28. The van der Waals surface area contributed by atoms with Crippen molar-refractivity contribution >= 4 is 0 Å². The monoisotopic (exact) mass is 290 g/mol. The smallest absolute Gasteiger partial charge is 0.0233 e. The molecule has 0 spiro atoms. The Morgan fingerprint density at radius 3 is 2.10 bits per heavy atom. The molecule has 0 aliphatic heterocycles. The van der Waals surface area contributed by atoms with E-state index >= 15 is 0 Å². The van der Waals surface area contributed by atoms with Crippen LogP contribution in [0.2, 0.25) is 0 Å². The molecule has 0 aliphatic rings. The van der Waals surface area contributed by atoms with Crippen LogP contribution in [-0.4, -0.2) is 31.1 Å². The highest BCUT2D eigenvalue weighted by Crippen LogP contribution is 2.13. The summed E-state index contributed by atoms with van der Waals surface area (Å²) in [5.41, 5.74) is 2.87. The molecule has 0 atom stereocenters. The second-order valence-corrected chi connectivity index (χ2v) is 5.93. The number of likely N-dealkylation sites (N-methyl/N-ethyl adjacent to an activating group) is 1. The Bertz CT molecular complexity index is 354. The predicted octanol–water partition coefficient (Wildman–Crippen LogP) is 4.10. The summed E-state index contributed by atoms with van der Waals surface area (Å²) >= 11 is 0. The molecule has 0 saturated carbocycles. The van der Waals surface area contributed by atoms with Crippen molar-refractivity contribution in [2.24, 2.45) is 5.92 Å². The lowest BCUT2D eigenvalue weighted by Gasteiger charge is -2.25. The van der Waals surface area contributed by atoms with Crippen LogP contribution in [0, 0.1) is 5.92 Å². The summed E-state index contributed by atoms with van der Waals surface area (Å²) in [6, 6.07) is 9.18. The van der Waals surface area contributed by atoms with Crippen molar-refractivity contribution in [1.29, 1.82) is 0 Å². The SMILES string of the molecule is CCNCCc1ccc(CN(CC)CC(CC)CC)cc1. The zero-order valence-corrected chi connectivity index (χ0v) is 14.5. The first-order valence-corrected chi connectivity index (χ1v) is 8.74. The quantitative estimate of drug-likeness (QED) is 0.617. The summed E-state index contributed by atoms with van der Waals surface area (Å²) < 4.78 is 0. The van der Waals surface area contributed by atoms with Gasteiger partial charge in [0.15, 0.2) is 0 Å². The molecule has 0 radical (unpaired) electrons. The maximum absolute atomic E-state index is 3.38. The first kappa shape index (κ1) is 18.2. The number of hydrogen-bond donors (Lipinski definition) is 1. The third-order valence-corrected chi connectivity index (χ3v) is 4.39. The lowest BCUT2D eigenvalue weighted by atomic mass is 10.0. The Kier molecular flexibility index (Phi) is 9.36. The Morgan fingerprint density at radius 2 is 1.57 bits per heavy atom. The van der Waals surface area contributed by atoms with Gasteiger partial charge in [-0.05, 0) is 43.1 Å². The topological polar surface area (TPSA) is 15.3 Å². The normalized spacial score (nSPS) is 11.5. The van der Waals surface area contributed by atoms with Gasteiger partial charge in [-0.15, -0.1) is 0 Å². The van der Waals surface area contributed by atoms with Crippen LogP contribution in [0.25, 0.3) is 0 Å². The molecule has 1 aromatic carbocycles. The minimum atomic E-state index is 0.837. The largest absolute Gasteiger partial charge is 0.317 e. The molecule has 21 heavy (non-hydrogen) atoms. The molecule has 0 unspecified atom stereocenters. The molecule has 0 fully saturated rings. The van der Waals surface area contributed by atoms with Crippen molar-refractivity contribution in [2.75, 3.05) is 26.2 Å². The molecule has 0 heterocycles. The van der Waals surface area contributed by atoms with Crippen molar-refractivity contribution in [2.45, 2.75) is 53.5 Å². The van der Waals surface area contributed by atoms with Gasteiger partial charge in [-0.3, -0.25) is 4.90 Å². The van der Waals surface area contributed by atoms with Crippen LogP contribution in [0.5, 0.6) is 0 Å². The Balaban J connectivity index is 2.48. The van der Waals surface area contributed by atoms with Gasteiger partial charge in [-0.2, -0.15) is 0 Å². The number of hydrogen-bond acceptors (Lipinski definition) is 2. The van der Waals surface area contributed by atoms with Gasteiger partial charge >= 0.3 is 0 Å². The molecule has 0 aliphatic carbocycles. The summed E-state index contributed by atoms with van der Waals surface area (Å²) in [5, 5.41) is 3.38. The van der Waals surface area contributed by atoms with Gasteiger partial charge in [0.2, 0.25) is 0 Å². The molecular weight excluding hydrogens is 256 g/mol. The average molecular weight is 290 g/mol. The molecule has 0 bridgehead atoms. The van der Waals surface area contributed by atoms with Gasteiger partial charge in [-0.1, -0.05) is 64.8 Å². The van der Waals surface area contributed by atoms with Crippen molar-refractivity contribution in [1.82, 2.24) is 10.2 Å². The highest BCUT2D eigenvalue weighted by Gasteiger charge is 2.10. The van der Waals surface area contributed by atoms with Crippen LogP contribution in [-0.2, 0) is 13.0 Å². The summed E-state index contributed by atoms with van der Waals surface area (Å²) in [6.07, 6.45) is 3.70. The van der Waals surface area contributed by atoms with Crippen molar-refractivity contribution < 1.29 is 0 Å².